The fourth-order valence-electron chi connectivity index (χ4n) is 0.875. The van der Waals surface area contributed by atoms with Gasteiger partial charge in [-0.15, -0.1) is 0 Å². The van der Waals surface area contributed by atoms with Crippen LogP contribution in [0.25, 0.3) is 0 Å². The van der Waals surface area contributed by atoms with Gasteiger partial charge in [0.2, 0.25) is 0 Å². The van der Waals surface area contributed by atoms with Gasteiger partial charge in [0.05, 0.1) is 6.04 Å². The van der Waals surface area contributed by atoms with Gasteiger partial charge in [-0.1, -0.05) is 32.6 Å². The number of carbonyl (C=O) groups excluding carboxylic acids is 1. The summed E-state index contributed by atoms with van der Waals surface area (Å²) in [7, 11) is 0. The van der Waals surface area contributed by atoms with E-state index in [2.05, 4.69) is 6.92 Å². The molecule has 0 amide bonds. The van der Waals surface area contributed by atoms with Gasteiger partial charge < -0.3 is 10.5 Å². The van der Waals surface area contributed by atoms with Gasteiger partial charge in [0.25, 0.3) is 0 Å². The Kier molecular flexibility index (Phi) is 6.50. The molecule has 0 aliphatic carbocycles. The summed E-state index contributed by atoms with van der Waals surface area (Å²) in [5.41, 5.74) is 5.39. The molecular formula is C8H17NO. The molecule has 0 aromatic heterocycles. The summed E-state index contributed by atoms with van der Waals surface area (Å²) >= 11 is 0. The van der Waals surface area contributed by atoms with E-state index in [1.54, 1.807) is 0 Å². The maximum atomic E-state index is 10.0. The molecule has 10 heavy (non-hydrogen) atoms. The second-order valence-electron chi connectivity index (χ2n) is 2.65. The van der Waals surface area contributed by atoms with Crippen molar-refractivity contribution < 1.29 is 4.79 Å². The van der Waals surface area contributed by atoms with Crippen molar-refractivity contribution >= 4 is 6.29 Å². The lowest BCUT2D eigenvalue weighted by Crippen LogP contribution is -2.20. The molecule has 2 N–H and O–H groups in total. The Morgan fingerprint density at radius 2 is 2.10 bits per heavy atom. The Hall–Kier alpha value is -0.370. The van der Waals surface area contributed by atoms with Crippen molar-refractivity contribution in [3.63, 3.8) is 0 Å². The Morgan fingerprint density at radius 3 is 2.60 bits per heavy atom. The molecule has 0 saturated heterocycles. The van der Waals surface area contributed by atoms with Gasteiger partial charge in [0, 0.05) is 0 Å². The van der Waals surface area contributed by atoms with E-state index in [0.29, 0.717) is 0 Å². The predicted molar refractivity (Wildman–Crippen MR) is 42.8 cm³/mol. The second kappa shape index (κ2) is 6.75. The number of hydrogen-bond donors (Lipinski definition) is 1. The van der Waals surface area contributed by atoms with Crippen LogP contribution < -0.4 is 5.73 Å². The Bertz CT molecular complexity index is 83.3. The van der Waals surface area contributed by atoms with Crippen LogP contribution in [0.5, 0.6) is 0 Å². The number of rotatable bonds is 6. The monoisotopic (exact) mass is 143 g/mol. The molecule has 0 radical (unpaired) electrons. The van der Waals surface area contributed by atoms with E-state index in [0.717, 1.165) is 19.1 Å². The van der Waals surface area contributed by atoms with E-state index >= 15 is 0 Å². The summed E-state index contributed by atoms with van der Waals surface area (Å²) in [6.07, 6.45) is 6.46. The molecule has 0 aliphatic rings. The fraction of sp³-hybridized carbons (Fsp3) is 0.875. The molecule has 60 valence electrons. The van der Waals surface area contributed by atoms with E-state index in [4.69, 9.17) is 5.73 Å². The van der Waals surface area contributed by atoms with Crippen LogP contribution in [0.2, 0.25) is 0 Å². The quantitative estimate of drug-likeness (QED) is 0.452. The third-order valence-electron chi connectivity index (χ3n) is 1.57. The van der Waals surface area contributed by atoms with Crippen LogP contribution in [0.4, 0.5) is 0 Å². The number of carbonyl (C=O) groups is 1. The highest BCUT2D eigenvalue weighted by atomic mass is 16.1. The highest BCUT2D eigenvalue weighted by Gasteiger charge is 1.97. The Morgan fingerprint density at radius 1 is 1.40 bits per heavy atom. The first kappa shape index (κ1) is 9.63. The average molecular weight is 143 g/mol. The highest BCUT2D eigenvalue weighted by molar-refractivity contribution is 5.56. The summed E-state index contributed by atoms with van der Waals surface area (Å²) in [6, 6.07) is -0.225. The van der Waals surface area contributed by atoms with Crippen molar-refractivity contribution in [3.8, 4) is 0 Å². The van der Waals surface area contributed by atoms with E-state index in [1.807, 2.05) is 0 Å². The standard InChI is InChI=1S/C8H17NO/c1-2-3-4-5-6-8(9)7-10/h7-8H,2-6,9H2,1H3. The van der Waals surface area contributed by atoms with Gasteiger partial charge in [0.1, 0.15) is 6.29 Å². The molecule has 0 fully saturated rings. The number of nitrogens with two attached hydrogens (primary N) is 1. The van der Waals surface area contributed by atoms with Crippen LogP contribution in [0, 0.1) is 0 Å². The van der Waals surface area contributed by atoms with E-state index in [1.165, 1.54) is 19.3 Å². The van der Waals surface area contributed by atoms with Crippen LogP contribution in [0.1, 0.15) is 39.0 Å². The molecule has 1 unspecified atom stereocenters. The summed E-state index contributed by atoms with van der Waals surface area (Å²) in [5.74, 6) is 0. The normalized spacial score (nSPS) is 13.0. The Balaban J connectivity index is 2.95. The van der Waals surface area contributed by atoms with Crippen LogP contribution >= 0.6 is 0 Å². The van der Waals surface area contributed by atoms with Gasteiger partial charge in [-0.25, -0.2) is 0 Å². The maximum absolute atomic E-state index is 10.0. The minimum Gasteiger partial charge on any atom is -0.322 e. The molecule has 2 heteroatoms. The molecule has 0 spiro atoms. The zero-order chi connectivity index (χ0) is 7.82. The Labute approximate surface area is 62.8 Å². The number of hydrogen-bond acceptors (Lipinski definition) is 2. The van der Waals surface area contributed by atoms with Gasteiger partial charge in [-0.2, -0.15) is 0 Å². The lowest BCUT2D eigenvalue weighted by Gasteiger charge is -2.01. The fourth-order valence-corrected chi connectivity index (χ4v) is 0.875. The smallest absolute Gasteiger partial charge is 0.136 e. The summed E-state index contributed by atoms with van der Waals surface area (Å²) in [4.78, 5) is 10.0. The van der Waals surface area contributed by atoms with Gasteiger partial charge >= 0.3 is 0 Å². The van der Waals surface area contributed by atoms with Crippen LogP contribution in [-0.4, -0.2) is 12.3 Å². The number of aldehydes is 1. The van der Waals surface area contributed by atoms with Crippen molar-refractivity contribution in [1.82, 2.24) is 0 Å². The van der Waals surface area contributed by atoms with E-state index in [9.17, 15) is 4.79 Å². The first-order chi connectivity index (χ1) is 4.81. The maximum Gasteiger partial charge on any atom is 0.136 e. The van der Waals surface area contributed by atoms with Crippen LogP contribution in [-0.2, 0) is 4.79 Å². The lowest BCUT2D eigenvalue weighted by atomic mass is 10.1. The largest absolute Gasteiger partial charge is 0.322 e. The van der Waals surface area contributed by atoms with Crippen LogP contribution in [0.3, 0.4) is 0 Å². The second-order valence-corrected chi connectivity index (χ2v) is 2.65. The third-order valence-corrected chi connectivity index (χ3v) is 1.57. The van der Waals surface area contributed by atoms with Crippen molar-refractivity contribution in [3.05, 3.63) is 0 Å². The minimum atomic E-state index is -0.225. The van der Waals surface area contributed by atoms with E-state index < -0.39 is 0 Å². The van der Waals surface area contributed by atoms with Crippen LogP contribution in [0.15, 0.2) is 0 Å². The van der Waals surface area contributed by atoms with E-state index in [-0.39, 0.29) is 6.04 Å². The summed E-state index contributed by atoms with van der Waals surface area (Å²) in [5, 5.41) is 0. The molecule has 0 rings (SSSR count). The molecule has 0 heterocycles. The average Bonchev–Trinajstić information content (AvgIpc) is 1.98. The molecule has 0 aliphatic heterocycles. The van der Waals surface area contributed by atoms with Crippen molar-refractivity contribution in [2.75, 3.05) is 0 Å². The van der Waals surface area contributed by atoms with Gasteiger partial charge in [0.15, 0.2) is 0 Å². The van der Waals surface area contributed by atoms with Crippen molar-refractivity contribution in [2.24, 2.45) is 5.73 Å². The molecule has 0 aromatic rings. The highest BCUT2D eigenvalue weighted by Crippen LogP contribution is 2.02. The molecule has 0 aromatic carbocycles. The van der Waals surface area contributed by atoms with Gasteiger partial charge in [-0.3, -0.25) is 0 Å². The lowest BCUT2D eigenvalue weighted by molar-refractivity contribution is -0.109. The zero-order valence-electron chi connectivity index (χ0n) is 6.68. The molecule has 1 atom stereocenters. The molecular weight excluding hydrogens is 126 g/mol. The first-order valence-electron chi connectivity index (χ1n) is 4.02. The van der Waals surface area contributed by atoms with Gasteiger partial charge in [-0.05, 0) is 6.42 Å². The molecule has 0 bridgehead atoms. The molecule has 2 nitrogen and oxygen atoms in total. The van der Waals surface area contributed by atoms with Crippen molar-refractivity contribution in [2.45, 2.75) is 45.1 Å². The SMILES string of the molecule is CCCCCCC(N)C=O. The summed E-state index contributed by atoms with van der Waals surface area (Å²) < 4.78 is 0. The number of unbranched alkanes of at least 4 members (excludes halogenated alkanes) is 3. The predicted octanol–water partition coefficient (Wildman–Crippen LogP) is 1.48. The minimum absolute atomic E-state index is 0.225. The third kappa shape index (κ3) is 5.76. The molecule has 0 saturated carbocycles. The summed E-state index contributed by atoms with van der Waals surface area (Å²) in [6.45, 7) is 2.17. The zero-order valence-corrected chi connectivity index (χ0v) is 6.68. The topological polar surface area (TPSA) is 43.1 Å². The van der Waals surface area contributed by atoms with Crippen molar-refractivity contribution in [1.29, 1.82) is 0 Å². The first-order valence-corrected chi connectivity index (χ1v) is 4.02.